The number of carbonyl (C=O) groups is 2. The number of carbonyl (C=O) groups excluding carboxylic acids is 2. The second-order valence-corrected chi connectivity index (χ2v) is 6.16. The van der Waals surface area contributed by atoms with Crippen LogP contribution >= 0.6 is 11.6 Å². The maximum Gasteiger partial charge on any atom is 0.261 e. The van der Waals surface area contributed by atoms with Crippen molar-refractivity contribution in [3.05, 3.63) is 76.8 Å². The molecule has 0 unspecified atom stereocenters. The number of amides is 2. The zero-order chi connectivity index (χ0) is 17.4. The number of para-hydroxylation sites is 1. The SMILES string of the molecule is O=C1c2cccc3cccc(c23)C(=O)N1CCOc1ccccc1Cl. The summed E-state index contributed by atoms with van der Waals surface area (Å²) >= 11 is 6.05. The number of imide groups is 1. The highest BCUT2D eigenvalue weighted by Gasteiger charge is 2.32. The van der Waals surface area contributed by atoms with Crippen LogP contribution in [-0.4, -0.2) is 29.9 Å². The zero-order valence-corrected chi connectivity index (χ0v) is 14.0. The maximum absolute atomic E-state index is 12.7. The van der Waals surface area contributed by atoms with E-state index >= 15 is 0 Å². The molecule has 0 atom stereocenters. The van der Waals surface area contributed by atoms with Crippen molar-refractivity contribution in [1.82, 2.24) is 4.90 Å². The molecule has 0 N–H and O–H groups in total. The fourth-order valence-corrected chi connectivity index (χ4v) is 3.28. The Morgan fingerprint density at radius 2 is 1.48 bits per heavy atom. The molecule has 0 aromatic heterocycles. The van der Waals surface area contributed by atoms with E-state index < -0.39 is 0 Å². The molecule has 4 rings (SSSR count). The first-order valence-corrected chi connectivity index (χ1v) is 8.30. The fourth-order valence-electron chi connectivity index (χ4n) is 3.09. The van der Waals surface area contributed by atoms with E-state index in [9.17, 15) is 9.59 Å². The predicted octanol–water partition coefficient (Wildman–Crippen LogP) is 4.17. The lowest BCUT2D eigenvalue weighted by Crippen LogP contribution is -2.42. The molecule has 1 aliphatic rings. The second kappa shape index (κ2) is 6.22. The van der Waals surface area contributed by atoms with Gasteiger partial charge in [-0.25, -0.2) is 0 Å². The van der Waals surface area contributed by atoms with Gasteiger partial charge in [0, 0.05) is 16.5 Å². The standard InChI is InChI=1S/C20H14ClNO3/c21-16-9-1-2-10-17(16)25-12-11-22-19(23)14-7-3-5-13-6-4-8-15(18(13)14)20(22)24/h1-10H,11-12H2. The molecule has 1 heterocycles. The van der Waals surface area contributed by atoms with Crippen molar-refractivity contribution in [1.29, 1.82) is 0 Å². The Hall–Kier alpha value is -2.85. The van der Waals surface area contributed by atoms with E-state index in [4.69, 9.17) is 16.3 Å². The van der Waals surface area contributed by atoms with E-state index in [0.29, 0.717) is 21.9 Å². The van der Waals surface area contributed by atoms with Crippen LogP contribution in [0, 0.1) is 0 Å². The van der Waals surface area contributed by atoms with Crippen molar-refractivity contribution < 1.29 is 14.3 Å². The van der Waals surface area contributed by atoms with Crippen LogP contribution in [0.25, 0.3) is 10.8 Å². The third-order valence-corrected chi connectivity index (χ3v) is 4.58. The van der Waals surface area contributed by atoms with Crippen LogP contribution in [0.3, 0.4) is 0 Å². The Labute approximate surface area is 149 Å². The van der Waals surface area contributed by atoms with Crippen LogP contribution in [0.5, 0.6) is 5.75 Å². The Kier molecular flexibility index (Phi) is 3.90. The van der Waals surface area contributed by atoms with Crippen molar-refractivity contribution in [2.24, 2.45) is 0 Å². The molecule has 1 aliphatic heterocycles. The molecule has 124 valence electrons. The zero-order valence-electron chi connectivity index (χ0n) is 13.2. The highest BCUT2D eigenvalue weighted by molar-refractivity contribution is 6.32. The molecular weight excluding hydrogens is 338 g/mol. The van der Waals surface area contributed by atoms with Crippen LogP contribution < -0.4 is 4.74 Å². The Morgan fingerprint density at radius 1 is 0.840 bits per heavy atom. The van der Waals surface area contributed by atoms with Crippen LogP contribution in [0.2, 0.25) is 5.02 Å². The molecule has 25 heavy (non-hydrogen) atoms. The number of halogens is 1. The van der Waals surface area contributed by atoms with Gasteiger partial charge in [-0.15, -0.1) is 0 Å². The highest BCUT2D eigenvalue weighted by atomic mass is 35.5. The van der Waals surface area contributed by atoms with E-state index in [0.717, 1.165) is 10.8 Å². The van der Waals surface area contributed by atoms with Crippen LogP contribution in [0.15, 0.2) is 60.7 Å². The third kappa shape index (κ3) is 2.65. The number of benzene rings is 3. The van der Waals surface area contributed by atoms with Crippen molar-refractivity contribution in [3.63, 3.8) is 0 Å². The van der Waals surface area contributed by atoms with Gasteiger partial charge in [-0.3, -0.25) is 14.5 Å². The van der Waals surface area contributed by atoms with E-state index in [1.807, 2.05) is 36.4 Å². The Bertz CT molecular complexity index is 948. The van der Waals surface area contributed by atoms with Crippen LogP contribution in [0.1, 0.15) is 20.7 Å². The number of nitrogens with zero attached hydrogens (tertiary/aromatic N) is 1. The van der Waals surface area contributed by atoms with Gasteiger partial charge in [0.05, 0.1) is 11.6 Å². The lowest BCUT2D eigenvalue weighted by Gasteiger charge is -2.27. The first kappa shape index (κ1) is 15.7. The molecular formula is C20H14ClNO3. The predicted molar refractivity (Wildman–Crippen MR) is 96.3 cm³/mol. The minimum Gasteiger partial charge on any atom is -0.490 e. The number of ether oxygens (including phenoxy) is 1. The van der Waals surface area contributed by atoms with Gasteiger partial charge in [0.25, 0.3) is 11.8 Å². The average molecular weight is 352 g/mol. The van der Waals surface area contributed by atoms with Crippen molar-refractivity contribution in [2.45, 2.75) is 0 Å². The quantitative estimate of drug-likeness (QED) is 0.663. The van der Waals surface area contributed by atoms with E-state index in [-0.39, 0.29) is 25.0 Å². The fraction of sp³-hybridized carbons (Fsp3) is 0.100. The van der Waals surface area contributed by atoms with Gasteiger partial charge < -0.3 is 4.74 Å². The number of hydrogen-bond donors (Lipinski definition) is 0. The van der Waals surface area contributed by atoms with Gasteiger partial charge in [0.2, 0.25) is 0 Å². The molecule has 0 fully saturated rings. The second-order valence-electron chi connectivity index (χ2n) is 5.75. The van der Waals surface area contributed by atoms with E-state index in [1.165, 1.54) is 4.90 Å². The van der Waals surface area contributed by atoms with Gasteiger partial charge in [-0.1, -0.05) is 48.0 Å². The largest absolute Gasteiger partial charge is 0.490 e. The average Bonchev–Trinajstić information content (AvgIpc) is 2.64. The summed E-state index contributed by atoms with van der Waals surface area (Å²) in [5, 5.41) is 2.11. The van der Waals surface area contributed by atoms with Gasteiger partial charge in [-0.2, -0.15) is 0 Å². The number of rotatable bonds is 4. The van der Waals surface area contributed by atoms with Crippen LogP contribution in [-0.2, 0) is 0 Å². The smallest absolute Gasteiger partial charge is 0.261 e. The normalized spacial score (nSPS) is 13.4. The van der Waals surface area contributed by atoms with Gasteiger partial charge in [0.1, 0.15) is 12.4 Å². The molecule has 0 saturated carbocycles. The molecule has 2 amide bonds. The molecule has 0 saturated heterocycles. The first-order valence-electron chi connectivity index (χ1n) is 7.92. The Morgan fingerprint density at radius 3 is 2.12 bits per heavy atom. The third-order valence-electron chi connectivity index (χ3n) is 4.26. The summed E-state index contributed by atoms with van der Waals surface area (Å²) in [5.74, 6) is -0.0577. The molecule has 0 spiro atoms. The molecule has 5 heteroatoms. The minimum absolute atomic E-state index is 0.160. The summed E-state index contributed by atoms with van der Waals surface area (Å²) in [6.07, 6.45) is 0. The molecule has 3 aromatic carbocycles. The molecule has 0 radical (unpaired) electrons. The number of hydrogen-bond acceptors (Lipinski definition) is 3. The van der Waals surface area contributed by atoms with Crippen molar-refractivity contribution in [3.8, 4) is 5.75 Å². The van der Waals surface area contributed by atoms with Crippen molar-refractivity contribution in [2.75, 3.05) is 13.2 Å². The van der Waals surface area contributed by atoms with E-state index in [1.54, 1.807) is 24.3 Å². The molecule has 0 bridgehead atoms. The monoisotopic (exact) mass is 351 g/mol. The summed E-state index contributed by atoms with van der Waals surface area (Å²) in [7, 11) is 0. The Balaban J connectivity index is 1.59. The topological polar surface area (TPSA) is 46.6 Å². The first-order chi connectivity index (χ1) is 12.2. The van der Waals surface area contributed by atoms with Crippen LogP contribution in [0.4, 0.5) is 0 Å². The van der Waals surface area contributed by atoms with Gasteiger partial charge in [-0.05, 0) is 29.7 Å². The summed E-state index contributed by atoms with van der Waals surface area (Å²) in [4.78, 5) is 26.7. The minimum atomic E-state index is -0.294. The van der Waals surface area contributed by atoms with Gasteiger partial charge in [0.15, 0.2) is 0 Å². The van der Waals surface area contributed by atoms with E-state index in [2.05, 4.69) is 0 Å². The van der Waals surface area contributed by atoms with Crippen molar-refractivity contribution >= 4 is 34.2 Å². The lowest BCUT2D eigenvalue weighted by atomic mass is 9.94. The molecule has 4 nitrogen and oxygen atoms in total. The summed E-state index contributed by atoms with van der Waals surface area (Å²) in [6.45, 7) is 0.340. The summed E-state index contributed by atoms with van der Waals surface area (Å²) < 4.78 is 5.62. The summed E-state index contributed by atoms with van der Waals surface area (Å²) in [6, 6.07) is 18.1. The molecule has 3 aromatic rings. The maximum atomic E-state index is 12.7. The van der Waals surface area contributed by atoms with Gasteiger partial charge >= 0.3 is 0 Å². The summed E-state index contributed by atoms with van der Waals surface area (Å²) in [5.41, 5.74) is 1.09. The lowest BCUT2D eigenvalue weighted by molar-refractivity contribution is 0.0587. The highest BCUT2D eigenvalue weighted by Crippen LogP contribution is 2.30. The molecule has 0 aliphatic carbocycles.